The highest BCUT2D eigenvalue weighted by Gasteiger charge is 2.40. The van der Waals surface area contributed by atoms with Gasteiger partial charge in [-0.05, 0) is 12.2 Å². The molecular formula is C15H10O4. The van der Waals surface area contributed by atoms with Gasteiger partial charge in [0.05, 0.1) is 0 Å². The highest BCUT2D eigenvalue weighted by molar-refractivity contribution is 6.18. The predicted molar refractivity (Wildman–Crippen MR) is 67.8 cm³/mol. The van der Waals surface area contributed by atoms with E-state index in [0.29, 0.717) is 5.56 Å². The average molecular weight is 254 g/mol. The fourth-order valence-corrected chi connectivity index (χ4v) is 2.12. The number of benzene rings is 1. The number of hydrogen-bond donors (Lipinski definition) is 1. The molecule has 1 heterocycles. The zero-order valence-corrected chi connectivity index (χ0v) is 9.87. The first-order chi connectivity index (χ1) is 9.18. The topological polar surface area (TPSA) is 63.6 Å². The van der Waals surface area contributed by atoms with Crippen LogP contribution in [0.2, 0.25) is 0 Å². The highest BCUT2D eigenvalue weighted by Crippen LogP contribution is 2.35. The van der Waals surface area contributed by atoms with E-state index in [0.717, 1.165) is 0 Å². The molecule has 1 aromatic rings. The Morgan fingerprint density at radius 1 is 1.11 bits per heavy atom. The van der Waals surface area contributed by atoms with Crippen molar-refractivity contribution in [3.05, 3.63) is 65.6 Å². The van der Waals surface area contributed by atoms with Crippen molar-refractivity contribution in [3.8, 4) is 0 Å². The van der Waals surface area contributed by atoms with Gasteiger partial charge in [0.25, 0.3) is 0 Å². The quantitative estimate of drug-likeness (QED) is 0.780. The Bertz CT molecular complexity index is 650. The maximum atomic E-state index is 12.1. The molecule has 0 fully saturated rings. The van der Waals surface area contributed by atoms with Gasteiger partial charge in [0.2, 0.25) is 11.5 Å². The van der Waals surface area contributed by atoms with E-state index >= 15 is 0 Å². The summed E-state index contributed by atoms with van der Waals surface area (Å²) in [7, 11) is 0. The number of carbonyl (C=O) groups excluding carboxylic acids is 2. The van der Waals surface area contributed by atoms with Crippen molar-refractivity contribution < 1.29 is 19.4 Å². The first kappa shape index (κ1) is 11.5. The zero-order chi connectivity index (χ0) is 13.4. The Morgan fingerprint density at radius 3 is 2.58 bits per heavy atom. The molecule has 1 aromatic carbocycles. The van der Waals surface area contributed by atoms with Gasteiger partial charge in [-0.25, -0.2) is 0 Å². The number of rotatable bonds is 1. The smallest absolute Gasteiger partial charge is 0.219 e. The third-order valence-electron chi connectivity index (χ3n) is 3.06. The Morgan fingerprint density at radius 2 is 1.84 bits per heavy atom. The van der Waals surface area contributed by atoms with Crippen LogP contribution in [0.1, 0.15) is 5.56 Å². The lowest BCUT2D eigenvalue weighted by molar-refractivity contribution is -0.130. The van der Waals surface area contributed by atoms with E-state index in [4.69, 9.17) is 4.74 Å². The fourth-order valence-electron chi connectivity index (χ4n) is 2.12. The molecule has 1 aliphatic carbocycles. The number of hydrogen-bond acceptors (Lipinski definition) is 4. The third kappa shape index (κ3) is 1.78. The van der Waals surface area contributed by atoms with Crippen molar-refractivity contribution in [2.75, 3.05) is 0 Å². The minimum Gasteiger partial charge on any atom is -0.502 e. The Hall–Kier alpha value is -2.62. The van der Waals surface area contributed by atoms with Crippen molar-refractivity contribution in [1.82, 2.24) is 0 Å². The van der Waals surface area contributed by atoms with E-state index in [1.165, 1.54) is 12.2 Å². The first-order valence-electron chi connectivity index (χ1n) is 5.81. The number of fused-ring (bicyclic) bond motifs is 1. The standard InChI is InChI=1S/C15H10O4/c16-10-7-4-8-11-12(10)13(17)14(18)15(19-11)9-5-2-1-3-6-9/h1-8,12,18H. The molecule has 1 unspecified atom stereocenters. The predicted octanol–water partition coefficient (Wildman–Crippen LogP) is 2.15. The Balaban J connectivity index is 2.10. The van der Waals surface area contributed by atoms with Crippen LogP contribution in [0.5, 0.6) is 0 Å². The minimum atomic E-state index is -1.04. The molecule has 0 saturated carbocycles. The number of ether oxygens (including phenoxy) is 1. The minimum absolute atomic E-state index is 0.0937. The molecule has 4 heteroatoms. The number of aliphatic hydroxyl groups excluding tert-OH is 1. The first-order valence-corrected chi connectivity index (χ1v) is 5.81. The zero-order valence-electron chi connectivity index (χ0n) is 9.87. The fraction of sp³-hybridized carbons (Fsp3) is 0.0667. The van der Waals surface area contributed by atoms with Crippen molar-refractivity contribution >= 4 is 17.3 Å². The maximum absolute atomic E-state index is 12.1. The van der Waals surface area contributed by atoms with Gasteiger partial charge in [-0.2, -0.15) is 0 Å². The number of aliphatic hydroxyl groups is 1. The molecule has 94 valence electrons. The van der Waals surface area contributed by atoms with Gasteiger partial charge >= 0.3 is 0 Å². The molecular weight excluding hydrogens is 244 g/mol. The summed E-state index contributed by atoms with van der Waals surface area (Å²) in [5.74, 6) is -2.19. The SMILES string of the molecule is O=C1C=CC=C2OC(c3ccccc3)=C(O)C(=O)C12. The van der Waals surface area contributed by atoms with E-state index in [1.54, 1.807) is 30.3 Å². The number of ketones is 2. The lowest BCUT2D eigenvalue weighted by Gasteiger charge is -2.26. The summed E-state index contributed by atoms with van der Waals surface area (Å²) in [6.07, 6.45) is 4.40. The number of carbonyl (C=O) groups is 2. The van der Waals surface area contributed by atoms with Crippen LogP contribution in [0.25, 0.3) is 5.76 Å². The summed E-state index contributed by atoms with van der Waals surface area (Å²) < 4.78 is 5.53. The third-order valence-corrected chi connectivity index (χ3v) is 3.06. The van der Waals surface area contributed by atoms with Crippen LogP contribution in [-0.2, 0) is 14.3 Å². The van der Waals surface area contributed by atoms with E-state index < -0.39 is 17.5 Å². The van der Waals surface area contributed by atoms with Crippen molar-refractivity contribution in [3.63, 3.8) is 0 Å². The monoisotopic (exact) mass is 254 g/mol. The van der Waals surface area contributed by atoms with Crippen LogP contribution in [0.3, 0.4) is 0 Å². The molecule has 1 N–H and O–H groups in total. The lowest BCUT2D eigenvalue weighted by atomic mass is 9.89. The Labute approximate surface area is 109 Å². The summed E-state index contributed by atoms with van der Waals surface area (Å²) in [4.78, 5) is 23.7. The molecule has 0 aromatic heterocycles. The molecule has 19 heavy (non-hydrogen) atoms. The van der Waals surface area contributed by atoms with Crippen molar-refractivity contribution in [1.29, 1.82) is 0 Å². The summed E-state index contributed by atoms with van der Waals surface area (Å²) in [5, 5.41) is 9.95. The Kier molecular flexibility index (Phi) is 2.56. The van der Waals surface area contributed by atoms with Crippen LogP contribution >= 0.6 is 0 Å². The van der Waals surface area contributed by atoms with Gasteiger partial charge in [-0.15, -0.1) is 0 Å². The van der Waals surface area contributed by atoms with Gasteiger partial charge in [0, 0.05) is 5.56 Å². The average Bonchev–Trinajstić information content (AvgIpc) is 2.43. The molecule has 0 radical (unpaired) electrons. The van der Waals surface area contributed by atoms with Crippen LogP contribution in [0.15, 0.2) is 60.1 Å². The van der Waals surface area contributed by atoms with Crippen LogP contribution in [0, 0.1) is 5.92 Å². The van der Waals surface area contributed by atoms with E-state index in [-0.39, 0.29) is 17.3 Å². The number of allylic oxidation sites excluding steroid dienone is 5. The molecule has 0 saturated heterocycles. The van der Waals surface area contributed by atoms with Gasteiger partial charge in [-0.3, -0.25) is 9.59 Å². The normalized spacial score (nSPS) is 21.9. The van der Waals surface area contributed by atoms with Crippen molar-refractivity contribution in [2.24, 2.45) is 5.92 Å². The molecule has 1 aliphatic heterocycles. The molecule has 4 nitrogen and oxygen atoms in total. The summed E-state index contributed by atoms with van der Waals surface area (Å²) in [5.41, 5.74) is 0.592. The second-order valence-corrected chi connectivity index (χ2v) is 4.27. The summed E-state index contributed by atoms with van der Waals surface area (Å²) in [6.45, 7) is 0. The molecule has 0 amide bonds. The largest absolute Gasteiger partial charge is 0.502 e. The van der Waals surface area contributed by atoms with Crippen LogP contribution in [-0.4, -0.2) is 16.7 Å². The lowest BCUT2D eigenvalue weighted by Crippen LogP contribution is -2.32. The van der Waals surface area contributed by atoms with Gasteiger partial charge in [0.15, 0.2) is 11.5 Å². The molecule has 0 bridgehead atoms. The van der Waals surface area contributed by atoms with Crippen molar-refractivity contribution in [2.45, 2.75) is 0 Å². The van der Waals surface area contributed by atoms with Crippen LogP contribution < -0.4 is 0 Å². The summed E-state index contributed by atoms with van der Waals surface area (Å²) >= 11 is 0. The highest BCUT2D eigenvalue weighted by atomic mass is 16.5. The van der Waals surface area contributed by atoms with Gasteiger partial charge in [0.1, 0.15) is 11.7 Å². The summed E-state index contributed by atoms with van der Waals surface area (Å²) in [6, 6.07) is 8.81. The molecule has 1 atom stereocenters. The van der Waals surface area contributed by atoms with E-state index in [9.17, 15) is 14.7 Å². The maximum Gasteiger partial charge on any atom is 0.219 e. The molecule has 3 rings (SSSR count). The second-order valence-electron chi connectivity index (χ2n) is 4.27. The van der Waals surface area contributed by atoms with Gasteiger partial charge < -0.3 is 9.84 Å². The second kappa shape index (κ2) is 4.24. The van der Waals surface area contributed by atoms with Crippen LogP contribution in [0.4, 0.5) is 0 Å². The van der Waals surface area contributed by atoms with Gasteiger partial charge in [-0.1, -0.05) is 36.4 Å². The van der Waals surface area contributed by atoms with E-state index in [2.05, 4.69) is 0 Å². The molecule has 0 spiro atoms. The number of Topliss-reactive ketones (excluding diaryl/α,β-unsaturated/α-hetero) is 1. The van der Waals surface area contributed by atoms with E-state index in [1.807, 2.05) is 6.07 Å². The molecule has 2 aliphatic rings.